The van der Waals surface area contributed by atoms with Crippen LogP contribution in [0.1, 0.15) is 22.8 Å². The molecule has 0 saturated carbocycles. The number of amides is 1. The number of pyridine rings is 3. The first-order chi connectivity index (χ1) is 16.1. The Balaban J connectivity index is 1.41. The summed E-state index contributed by atoms with van der Waals surface area (Å²) in [6.07, 6.45) is 5.51. The number of ether oxygens (including phenoxy) is 1. The third-order valence-electron chi connectivity index (χ3n) is 5.83. The third-order valence-corrected chi connectivity index (χ3v) is 5.83. The van der Waals surface area contributed by atoms with E-state index in [2.05, 4.69) is 9.97 Å². The summed E-state index contributed by atoms with van der Waals surface area (Å²) in [6.45, 7) is 3.03. The van der Waals surface area contributed by atoms with E-state index in [0.717, 1.165) is 21.4 Å². The summed E-state index contributed by atoms with van der Waals surface area (Å²) in [4.78, 5) is 26.0. The summed E-state index contributed by atoms with van der Waals surface area (Å²) in [5.74, 6) is 1.84. The molecule has 8 nitrogen and oxygen atoms in total. The number of anilines is 3. The van der Waals surface area contributed by atoms with Crippen molar-refractivity contribution in [3.8, 4) is 5.75 Å². The van der Waals surface area contributed by atoms with E-state index >= 15 is 0 Å². The molecule has 4 aromatic rings. The van der Waals surface area contributed by atoms with Gasteiger partial charge in [-0.15, -0.1) is 0 Å². The molecule has 1 amide bonds. The van der Waals surface area contributed by atoms with Crippen LogP contribution in [0, 0.1) is 5.21 Å². The van der Waals surface area contributed by atoms with Crippen LogP contribution in [0.3, 0.4) is 0 Å². The fourth-order valence-electron chi connectivity index (χ4n) is 4.14. The van der Waals surface area contributed by atoms with E-state index in [1.54, 1.807) is 36.5 Å². The number of aromatic nitrogens is 3. The number of hydrogen-bond donors (Lipinski definition) is 0. The van der Waals surface area contributed by atoms with Gasteiger partial charge in [-0.1, -0.05) is 12.1 Å². The first kappa shape index (κ1) is 20.7. The van der Waals surface area contributed by atoms with E-state index in [1.807, 2.05) is 48.2 Å². The lowest BCUT2D eigenvalue weighted by Crippen LogP contribution is -2.26. The molecule has 0 spiro atoms. The van der Waals surface area contributed by atoms with Crippen molar-refractivity contribution < 1.29 is 14.3 Å². The molecule has 0 radical (unpaired) electrons. The van der Waals surface area contributed by atoms with Gasteiger partial charge in [0.05, 0.1) is 23.2 Å². The Hall–Kier alpha value is -4.20. The van der Waals surface area contributed by atoms with Gasteiger partial charge >= 0.3 is 0 Å². The second kappa shape index (κ2) is 8.38. The van der Waals surface area contributed by atoms with Crippen LogP contribution in [-0.4, -0.2) is 36.1 Å². The monoisotopic (exact) mass is 441 g/mol. The normalized spacial score (nSPS) is 13.0. The highest BCUT2D eigenvalue weighted by Gasteiger charge is 2.30. The molecule has 0 fully saturated rings. The highest BCUT2D eigenvalue weighted by Crippen LogP contribution is 2.37. The van der Waals surface area contributed by atoms with E-state index in [-0.39, 0.29) is 5.91 Å². The smallest absolute Gasteiger partial charge is 0.261 e. The average Bonchev–Trinajstić information content (AvgIpc) is 2.94. The SMILES string of the molecule is CCN1c2ncc(CCOc3cc[n+]([O-])c4ccccc34)cc2C(=O)N(C)c2cccnc21. The molecule has 0 bridgehead atoms. The molecule has 33 heavy (non-hydrogen) atoms. The fourth-order valence-corrected chi connectivity index (χ4v) is 4.14. The van der Waals surface area contributed by atoms with Crippen molar-refractivity contribution in [2.24, 2.45) is 0 Å². The Morgan fingerprint density at radius 3 is 2.79 bits per heavy atom. The number of benzene rings is 1. The fraction of sp³-hybridized carbons (Fsp3) is 0.200. The maximum atomic E-state index is 13.3. The zero-order chi connectivity index (χ0) is 22.9. The standard InChI is InChI=1S/C25H23N5O3/c1-3-29-23-19(25(31)28(2)21-9-6-12-26-24(21)29)15-17(16-27-23)11-14-33-22-10-13-30(32)20-8-5-4-7-18(20)22/h4-10,12-13,15-16H,3,11,14H2,1-2H3. The van der Waals surface area contributed by atoms with E-state index in [0.29, 0.717) is 48.0 Å². The topological polar surface area (TPSA) is 85.5 Å². The molecular formula is C25H23N5O3. The van der Waals surface area contributed by atoms with E-state index < -0.39 is 0 Å². The van der Waals surface area contributed by atoms with Gasteiger partial charge in [0.2, 0.25) is 5.52 Å². The maximum Gasteiger partial charge on any atom is 0.261 e. The Morgan fingerprint density at radius 2 is 1.94 bits per heavy atom. The Labute approximate surface area is 191 Å². The predicted octanol–water partition coefficient (Wildman–Crippen LogP) is 3.63. The van der Waals surface area contributed by atoms with E-state index in [4.69, 9.17) is 4.74 Å². The van der Waals surface area contributed by atoms with Crippen LogP contribution in [0.25, 0.3) is 10.9 Å². The Kier molecular flexibility index (Phi) is 5.26. The van der Waals surface area contributed by atoms with Crippen molar-refractivity contribution in [1.29, 1.82) is 0 Å². The summed E-state index contributed by atoms with van der Waals surface area (Å²) < 4.78 is 6.82. The van der Waals surface area contributed by atoms with Gasteiger partial charge in [0.25, 0.3) is 5.91 Å². The first-order valence-corrected chi connectivity index (χ1v) is 10.8. The van der Waals surface area contributed by atoms with Crippen LogP contribution in [0.5, 0.6) is 5.75 Å². The van der Waals surface area contributed by atoms with Crippen LogP contribution in [0.4, 0.5) is 17.3 Å². The van der Waals surface area contributed by atoms with Gasteiger partial charge in [-0.2, -0.15) is 4.73 Å². The van der Waals surface area contributed by atoms with Crippen molar-refractivity contribution in [3.05, 3.63) is 83.5 Å². The minimum atomic E-state index is -0.125. The lowest BCUT2D eigenvalue weighted by atomic mass is 10.1. The minimum Gasteiger partial charge on any atom is -0.618 e. The summed E-state index contributed by atoms with van der Waals surface area (Å²) in [5.41, 5.74) is 2.74. The highest BCUT2D eigenvalue weighted by atomic mass is 16.5. The van der Waals surface area contributed by atoms with Crippen molar-refractivity contribution in [2.75, 3.05) is 30.0 Å². The number of hydrogen-bond acceptors (Lipinski definition) is 6. The number of para-hydroxylation sites is 1. The van der Waals surface area contributed by atoms with E-state index in [9.17, 15) is 10.0 Å². The molecule has 0 unspecified atom stereocenters. The molecule has 1 aromatic carbocycles. The molecule has 5 rings (SSSR count). The first-order valence-electron chi connectivity index (χ1n) is 10.8. The number of fused-ring (bicyclic) bond motifs is 3. The van der Waals surface area contributed by atoms with Gasteiger partial charge < -0.3 is 19.7 Å². The van der Waals surface area contributed by atoms with Crippen LogP contribution >= 0.6 is 0 Å². The van der Waals surface area contributed by atoms with Crippen molar-refractivity contribution in [2.45, 2.75) is 13.3 Å². The minimum absolute atomic E-state index is 0.125. The third kappa shape index (κ3) is 3.59. The molecule has 4 heterocycles. The lowest BCUT2D eigenvalue weighted by Gasteiger charge is -2.22. The molecule has 1 aliphatic heterocycles. The maximum absolute atomic E-state index is 13.3. The zero-order valence-corrected chi connectivity index (χ0v) is 18.4. The quantitative estimate of drug-likeness (QED) is 0.347. The summed E-state index contributed by atoms with van der Waals surface area (Å²) >= 11 is 0. The van der Waals surface area contributed by atoms with Gasteiger partial charge in [0, 0.05) is 44.5 Å². The second-order valence-corrected chi connectivity index (χ2v) is 7.79. The molecule has 0 atom stereocenters. The van der Waals surface area contributed by atoms with Crippen LogP contribution in [-0.2, 0) is 6.42 Å². The van der Waals surface area contributed by atoms with Crippen molar-refractivity contribution in [1.82, 2.24) is 9.97 Å². The van der Waals surface area contributed by atoms with Gasteiger partial charge in [-0.3, -0.25) is 4.79 Å². The molecular weight excluding hydrogens is 418 g/mol. The highest BCUT2D eigenvalue weighted by molar-refractivity contribution is 6.12. The Bertz CT molecular complexity index is 1360. The molecule has 166 valence electrons. The largest absolute Gasteiger partial charge is 0.618 e. The average molecular weight is 441 g/mol. The molecule has 1 aliphatic rings. The summed E-state index contributed by atoms with van der Waals surface area (Å²) in [5, 5.41) is 12.7. The van der Waals surface area contributed by atoms with E-state index in [1.165, 1.54) is 6.20 Å². The molecule has 8 heteroatoms. The number of carbonyl (C=O) groups is 1. The van der Waals surface area contributed by atoms with Gasteiger partial charge in [-0.05, 0) is 36.8 Å². The lowest BCUT2D eigenvalue weighted by molar-refractivity contribution is -0.577. The van der Waals surface area contributed by atoms with Crippen LogP contribution < -0.4 is 19.3 Å². The van der Waals surface area contributed by atoms with Crippen molar-refractivity contribution in [3.63, 3.8) is 0 Å². The molecule has 0 saturated heterocycles. The van der Waals surface area contributed by atoms with Gasteiger partial charge in [0.15, 0.2) is 12.0 Å². The van der Waals surface area contributed by atoms with Crippen LogP contribution in [0.15, 0.2) is 67.1 Å². The van der Waals surface area contributed by atoms with Gasteiger partial charge in [0.1, 0.15) is 11.6 Å². The number of nitrogens with zero attached hydrogens (tertiary/aromatic N) is 5. The molecule has 3 aromatic heterocycles. The van der Waals surface area contributed by atoms with Crippen LogP contribution in [0.2, 0.25) is 0 Å². The molecule has 0 N–H and O–H groups in total. The number of carbonyl (C=O) groups excluding carboxylic acids is 1. The van der Waals surface area contributed by atoms with Crippen molar-refractivity contribution >= 4 is 34.1 Å². The zero-order valence-electron chi connectivity index (χ0n) is 18.4. The number of rotatable bonds is 5. The summed E-state index contributed by atoms with van der Waals surface area (Å²) in [6, 6.07) is 14.6. The second-order valence-electron chi connectivity index (χ2n) is 7.79. The Morgan fingerprint density at radius 1 is 1.09 bits per heavy atom. The molecule has 0 aliphatic carbocycles. The predicted molar refractivity (Wildman–Crippen MR) is 126 cm³/mol. The van der Waals surface area contributed by atoms with Gasteiger partial charge in [-0.25, -0.2) is 9.97 Å². The summed E-state index contributed by atoms with van der Waals surface area (Å²) in [7, 11) is 1.75.